The third-order valence-corrected chi connectivity index (χ3v) is 17.7. The minimum atomic E-state index is 0.234. The monoisotopic (exact) mass is 1110 g/mol. The summed E-state index contributed by atoms with van der Waals surface area (Å²) >= 11 is 0. The highest BCUT2D eigenvalue weighted by Gasteiger charge is 2.42. The molecule has 1 aliphatic rings. The van der Waals surface area contributed by atoms with Gasteiger partial charge in [0.25, 0.3) is 0 Å². The average molecular weight is 1110 g/mol. The predicted molar refractivity (Wildman–Crippen MR) is 367 cm³/mol. The Labute approximate surface area is 509 Å². The van der Waals surface area contributed by atoms with E-state index in [1.54, 1.807) is 11.1 Å². The lowest BCUT2D eigenvalue weighted by Gasteiger charge is -2.33. The number of fused-ring (bicyclic) bond motifs is 3. The van der Waals surface area contributed by atoms with Crippen LogP contribution in [0.5, 0.6) is 5.75 Å². The largest absolute Gasteiger partial charge is 0.494 e. The van der Waals surface area contributed by atoms with Crippen LogP contribution >= 0.6 is 0 Å². The molecule has 1 aliphatic carbocycles. The van der Waals surface area contributed by atoms with Gasteiger partial charge in [-0.2, -0.15) is 0 Å². The van der Waals surface area contributed by atoms with Crippen LogP contribution in [-0.2, 0) is 5.41 Å². The standard InChI is InChI=1S/C52H54O.C31H46/c1-38(2)13-12-14-39(3)33-34-53-49-31-29-47(30-32-49)51-36-42(35-50(43-15-8-6-9-16-43)45-24-19-40(4)20-25-45)23-28-48(51)37-52(44-17-10-7-11-18-44)46-26-21-41(5)22-27-46;1-5-7-9-11-13-15-21-31(22-16-14-12-10-8-6-2)29-23-25(3)17-19-27(29)28-20-18-26(4)24-30(28)31/h6-11,15-32,35-39H,12-14,33-34H2,1-5H3;17-20,23-24H,5-16,21-22H2,1-4H3. The first-order valence-corrected chi connectivity index (χ1v) is 32.7. The maximum atomic E-state index is 6.28. The summed E-state index contributed by atoms with van der Waals surface area (Å²) in [6.45, 7) is 21.2. The Kier molecular flexibility index (Phi) is 24.3. The van der Waals surface area contributed by atoms with Gasteiger partial charge in [0, 0.05) is 5.41 Å². The topological polar surface area (TPSA) is 9.23 Å². The molecule has 1 heteroatoms. The van der Waals surface area contributed by atoms with Crippen molar-refractivity contribution in [2.75, 3.05) is 6.61 Å². The van der Waals surface area contributed by atoms with Crippen LogP contribution in [0.25, 0.3) is 45.6 Å². The van der Waals surface area contributed by atoms with Crippen molar-refractivity contribution < 1.29 is 4.74 Å². The molecule has 0 aliphatic heterocycles. The first-order valence-electron chi connectivity index (χ1n) is 32.7. The van der Waals surface area contributed by atoms with Crippen LogP contribution in [0.2, 0.25) is 0 Å². The number of benzene rings is 8. The Hall–Kier alpha value is -6.96. The Morgan fingerprint density at radius 3 is 1.37 bits per heavy atom. The molecule has 1 nitrogen and oxygen atoms in total. The van der Waals surface area contributed by atoms with E-state index in [1.807, 2.05) is 0 Å². The molecule has 8 aromatic carbocycles. The van der Waals surface area contributed by atoms with Crippen LogP contribution in [0.1, 0.15) is 217 Å². The second-order valence-electron chi connectivity index (χ2n) is 25.2. The third kappa shape index (κ3) is 17.8. The highest BCUT2D eigenvalue weighted by Crippen LogP contribution is 2.55. The molecule has 0 fully saturated rings. The molecule has 0 radical (unpaired) electrons. The molecule has 0 heterocycles. The second-order valence-corrected chi connectivity index (χ2v) is 25.2. The van der Waals surface area contributed by atoms with Gasteiger partial charge >= 0.3 is 0 Å². The first kappa shape index (κ1) is 63.1. The van der Waals surface area contributed by atoms with E-state index in [4.69, 9.17) is 4.74 Å². The van der Waals surface area contributed by atoms with Crippen molar-refractivity contribution >= 4 is 23.3 Å². The maximum Gasteiger partial charge on any atom is 0.119 e. The SMILES string of the molecule is CCCCCCCCC1(CCCCCCCC)c2cc(C)ccc2-c2ccc(C)cc21.Cc1ccc(C(=Cc2ccc(C=C(c3ccccc3)c3ccc(C)cc3)c(-c3ccc(OCCC(C)CCCC(C)C)cc3)c2)c2ccccc2)cc1. The fourth-order valence-electron chi connectivity index (χ4n) is 12.7. The molecule has 0 amide bonds. The highest BCUT2D eigenvalue weighted by molar-refractivity contribution is 5.96. The quantitative estimate of drug-likeness (QED) is 0.0335. The number of hydrogen-bond donors (Lipinski definition) is 0. The van der Waals surface area contributed by atoms with Gasteiger partial charge in [-0.05, 0) is 167 Å². The van der Waals surface area contributed by atoms with E-state index in [2.05, 4.69) is 263 Å². The van der Waals surface area contributed by atoms with E-state index >= 15 is 0 Å². The van der Waals surface area contributed by atoms with Crippen molar-refractivity contribution in [2.45, 2.75) is 183 Å². The summed E-state index contributed by atoms with van der Waals surface area (Å²) in [6, 6.07) is 69.2. The summed E-state index contributed by atoms with van der Waals surface area (Å²) in [6.07, 6.45) is 28.9. The van der Waals surface area contributed by atoms with Gasteiger partial charge in [0.15, 0.2) is 0 Å². The lowest BCUT2D eigenvalue weighted by Crippen LogP contribution is -2.25. The first-order chi connectivity index (χ1) is 40.9. The zero-order chi connectivity index (χ0) is 59.1. The maximum absolute atomic E-state index is 6.28. The van der Waals surface area contributed by atoms with E-state index in [0.29, 0.717) is 5.92 Å². The molecule has 0 saturated heterocycles. The molecule has 1 atom stereocenters. The highest BCUT2D eigenvalue weighted by atomic mass is 16.5. The molecular formula is C83H100O. The second kappa shape index (κ2) is 32.4. The summed E-state index contributed by atoms with van der Waals surface area (Å²) in [7, 11) is 0. The van der Waals surface area contributed by atoms with E-state index in [1.165, 1.54) is 187 Å². The van der Waals surface area contributed by atoms with E-state index in [0.717, 1.165) is 35.8 Å². The fraction of sp³-hybridized carbons (Fsp3) is 0.373. The molecular weight excluding hydrogens is 1010 g/mol. The summed E-state index contributed by atoms with van der Waals surface area (Å²) in [5.74, 6) is 2.37. The number of ether oxygens (including phenoxy) is 1. The molecule has 438 valence electrons. The molecule has 84 heavy (non-hydrogen) atoms. The molecule has 0 saturated carbocycles. The Morgan fingerprint density at radius 2 is 0.869 bits per heavy atom. The predicted octanol–water partition coefficient (Wildman–Crippen LogP) is 24.5. The van der Waals surface area contributed by atoms with Crippen molar-refractivity contribution in [2.24, 2.45) is 11.8 Å². The number of aryl methyl sites for hydroxylation is 4. The average Bonchev–Trinajstić information content (AvgIpc) is 1.87. The Morgan fingerprint density at radius 1 is 0.405 bits per heavy atom. The number of rotatable bonds is 29. The van der Waals surface area contributed by atoms with Gasteiger partial charge in [0.05, 0.1) is 6.61 Å². The zero-order valence-corrected chi connectivity index (χ0v) is 53.1. The van der Waals surface area contributed by atoms with Crippen LogP contribution in [0, 0.1) is 39.5 Å². The lowest BCUT2D eigenvalue weighted by atomic mass is 9.70. The van der Waals surface area contributed by atoms with Gasteiger partial charge < -0.3 is 4.74 Å². The van der Waals surface area contributed by atoms with E-state index < -0.39 is 0 Å². The van der Waals surface area contributed by atoms with Crippen molar-refractivity contribution in [1.82, 2.24) is 0 Å². The fourth-order valence-corrected chi connectivity index (χ4v) is 12.7. The summed E-state index contributed by atoms with van der Waals surface area (Å²) in [5.41, 5.74) is 23.7. The van der Waals surface area contributed by atoms with Crippen molar-refractivity contribution in [3.63, 3.8) is 0 Å². The summed E-state index contributed by atoms with van der Waals surface area (Å²) in [5, 5.41) is 0. The van der Waals surface area contributed by atoms with Crippen LogP contribution < -0.4 is 4.74 Å². The van der Waals surface area contributed by atoms with Gasteiger partial charge in [0.2, 0.25) is 0 Å². The number of hydrogen-bond acceptors (Lipinski definition) is 1. The van der Waals surface area contributed by atoms with Gasteiger partial charge in [-0.25, -0.2) is 0 Å². The summed E-state index contributed by atoms with van der Waals surface area (Å²) in [4.78, 5) is 0. The smallest absolute Gasteiger partial charge is 0.119 e. The van der Waals surface area contributed by atoms with Crippen LogP contribution in [-0.4, -0.2) is 6.61 Å². The van der Waals surface area contributed by atoms with Crippen molar-refractivity contribution in [3.05, 3.63) is 255 Å². The summed E-state index contributed by atoms with van der Waals surface area (Å²) < 4.78 is 6.28. The van der Waals surface area contributed by atoms with Gasteiger partial charge in [-0.1, -0.05) is 323 Å². The lowest BCUT2D eigenvalue weighted by molar-refractivity contribution is 0.276. The molecule has 0 N–H and O–H groups in total. The van der Waals surface area contributed by atoms with Gasteiger partial charge in [0.1, 0.15) is 5.75 Å². The number of unbranched alkanes of at least 4 members (excludes halogenated alkanes) is 10. The molecule has 0 spiro atoms. The van der Waals surface area contributed by atoms with Crippen molar-refractivity contribution in [1.29, 1.82) is 0 Å². The van der Waals surface area contributed by atoms with Crippen molar-refractivity contribution in [3.8, 4) is 28.0 Å². The normalized spacial score (nSPS) is 13.1. The minimum absolute atomic E-state index is 0.234. The molecule has 8 aromatic rings. The van der Waals surface area contributed by atoms with E-state index in [-0.39, 0.29) is 5.41 Å². The Balaban J connectivity index is 0.000000252. The molecule has 0 bridgehead atoms. The molecule has 1 unspecified atom stereocenters. The molecule has 0 aromatic heterocycles. The zero-order valence-electron chi connectivity index (χ0n) is 53.1. The van der Waals surface area contributed by atoms with Gasteiger partial charge in [-0.15, -0.1) is 0 Å². The van der Waals surface area contributed by atoms with Gasteiger partial charge in [-0.3, -0.25) is 0 Å². The Bertz CT molecular complexity index is 3230. The minimum Gasteiger partial charge on any atom is -0.494 e. The third-order valence-electron chi connectivity index (χ3n) is 17.7. The van der Waals surface area contributed by atoms with E-state index in [9.17, 15) is 0 Å². The van der Waals surface area contributed by atoms with Crippen LogP contribution in [0.3, 0.4) is 0 Å². The van der Waals surface area contributed by atoms with Crippen LogP contribution in [0.15, 0.2) is 188 Å². The van der Waals surface area contributed by atoms with Crippen LogP contribution in [0.4, 0.5) is 0 Å². The molecule has 9 rings (SSSR count).